The van der Waals surface area contributed by atoms with Crippen molar-refractivity contribution in [3.8, 4) is 17.2 Å². The Morgan fingerprint density at radius 1 is 0.947 bits per heavy atom. The van der Waals surface area contributed by atoms with Crippen LogP contribution in [0.1, 0.15) is 20.8 Å². The zero-order valence-electron chi connectivity index (χ0n) is 12.5. The molecule has 0 heterocycles. The molecule has 1 aromatic rings. The number of methoxy groups -OCH3 is 2. The largest absolute Gasteiger partial charge is 0.496 e. The summed E-state index contributed by atoms with van der Waals surface area (Å²) < 4.78 is 16.1. The summed E-state index contributed by atoms with van der Waals surface area (Å²) in [5, 5.41) is 3.42. The van der Waals surface area contributed by atoms with Crippen molar-refractivity contribution in [2.75, 3.05) is 27.4 Å². The Morgan fingerprint density at radius 2 is 1.47 bits per heavy atom. The van der Waals surface area contributed by atoms with Crippen LogP contribution in [0.5, 0.6) is 17.2 Å². The van der Waals surface area contributed by atoms with E-state index in [4.69, 9.17) is 14.2 Å². The van der Waals surface area contributed by atoms with Crippen molar-refractivity contribution in [2.24, 2.45) is 5.92 Å². The summed E-state index contributed by atoms with van der Waals surface area (Å²) in [6.07, 6.45) is 0. The maximum absolute atomic E-state index is 5.70. The molecule has 0 aliphatic rings. The third kappa shape index (κ3) is 5.39. The molecule has 0 fully saturated rings. The van der Waals surface area contributed by atoms with Crippen molar-refractivity contribution in [3.63, 3.8) is 0 Å². The van der Waals surface area contributed by atoms with E-state index in [0.29, 0.717) is 18.6 Å². The smallest absolute Gasteiger partial charge is 0.126 e. The van der Waals surface area contributed by atoms with Gasteiger partial charge in [0.2, 0.25) is 0 Å². The van der Waals surface area contributed by atoms with Crippen LogP contribution in [-0.4, -0.2) is 33.4 Å². The van der Waals surface area contributed by atoms with Crippen LogP contribution in [0, 0.1) is 5.92 Å². The third-order valence-electron chi connectivity index (χ3n) is 3.16. The SMILES string of the molecule is COc1cc(OC)cc(OCCNC(C)C(C)C)c1. The fraction of sp³-hybridized carbons (Fsp3) is 0.600. The lowest BCUT2D eigenvalue weighted by Crippen LogP contribution is -2.33. The van der Waals surface area contributed by atoms with E-state index in [1.54, 1.807) is 14.2 Å². The van der Waals surface area contributed by atoms with Gasteiger partial charge in [0.15, 0.2) is 0 Å². The van der Waals surface area contributed by atoms with E-state index in [1.165, 1.54) is 0 Å². The Hall–Kier alpha value is -1.42. The highest BCUT2D eigenvalue weighted by atomic mass is 16.5. The first-order chi connectivity index (χ1) is 9.06. The van der Waals surface area contributed by atoms with E-state index in [9.17, 15) is 0 Å². The zero-order valence-corrected chi connectivity index (χ0v) is 12.5. The first-order valence-electron chi connectivity index (χ1n) is 6.66. The third-order valence-corrected chi connectivity index (χ3v) is 3.16. The van der Waals surface area contributed by atoms with E-state index in [1.807, 2.05) is 18.2 Å². The number of hydrogen-bond acceptors (Lipinski definition) is 4. The van der Waals surface area contributed by atoms with Crippen molar-refractivity contribution in [1.29, 1.82) is 0 Å². The first kappa shape index (κ1) is 15.6. The summed E-state index contributed by atoms with van der Waals surface area (Å²) in [6, 6.07) is 6.03. The Morgan fingerprint density at radius 3 is 1.95 bits per heavy atom. The molecule has 19 heavy (non-hydrogen) atoms. The van der Waals surface area contributed by atoms with Gasteiger partial charge < -0.3 is 19.5 Å². The molecular weight excluding hydrogens is 242 g/mol. The highest BCUT2D eigenvalue weighted by Crippen LogP contribution is 2.27. The van der Waals surface area contributed by atoms with Gasteiger partial charge in [0.25, 0.3) is 0 Å². The van der Waals surface area contributed by atoms with Gasteiger partial charge in [-0.15, -0.1) is 0 Å². The van der Waals surface area contributed by atoms with Gasteiger partial charge in [0.05, 0.1) is 14.2 Å². The molecule has 0 amide bonds. The quantitative estimate of drug-likeness (QED) is 0.735. The molecule has 0 aliphatic heterocycles. The Balaban J connectivity index is 2.44. The second kappa shape index (κ2) is 7.89. The van der Waals surface area contributed by atoms with Crippen LogP contribution in [0.15, 0.2) is 18.2 Å². The minimum atomic E-state index is 0.489. The van der Waals surface area contributed by atoms with Crippen LogP contribution in [-0.2, 0) is 0 Å². The Bertz CT molecular complexity index is 357. The summed E-state index contributed by atoms with van der Waals surface area (Å²) in [5.41, 5.74) is 0. The predicted octanol–water partition coefficient (Wildman–Crippen LogP) is 2.72. The van der Waals surface area contributed by atoms with Gasteiger partial charge in [0.1, 0.15) is 23.9 Å². The van der Waals surface area contributed by atoms with Crippen LogP contribution in [0.3, 0.4) is 0 Å². The van der Waals surface area contributed by atoms with Gasteiger partial charge >= 0.3 is 0 Å². The second-order valence-corrected chi connectivity index (χ2v) is 4.88. The van der Waals surface area contributed by atoms with Crippen molar-refractivity contribution < 1.29 is 14.2 Å². The molecule has 1 aromatic carbocycles. The van der Waals surface area contributed by atoms with Gasteiger partial charge in [-0.3, -0.25) is 0 Å². The Labute approximate surface area is 116 Å². The van der Waals surface area contributed by atoms with Crippen LogP contribution in [0.2, 0.25) is 0 Å². The van der Waals surface area contributed by atoms with Gasteiger partial charge in [-0.1, -0.05) is 13.8 Å². The molecular formula is C15H25NO3. The number of rotatable bonds is 8. The molecule has 0 aromatic heterocycles. The molecule has 0 radical (unpaired) electrons. The van der Waals surface area contributed by atoms with Crippen LogP contribution in [0.4, 0.5) is 0 Å². The molecule has 0 aliphatic carbocycles. The van der Waals surface area contributed by atoms with E-state index in [-0.39, 0.29) is 0 Å². The number of benzene rings is 1. The molecule has 0 saturated heterocycles. The monoisotopic (exact) mass is 267 g/mol. The lowest BCUT2D eigenvalue weighted by atomic mass is 10.1. The summed E-state index contributed by atoms with van der Waals surface area (Å²) in [5.74, 6) is 2.85. The van der Waals surface area contributed by atoms with Gasteiger partial charge in [-0.05, 0) is 12.8 Å². The molecule has 1 atom stereocenters. The minimum Gasteiger partial charge on any atom is -0.496 e. The molecule has 0 bridgehead atoms. The van der Waals surface area contributed by atoms with E-state index >= 15 is 0 Å². The number of hydrogen-bond donors (Lipinski definition) is 1. The lowest BCUT2D eigenvalue weighted by molar-refractivity contribution is 0.293. The number of nitrogens with one attached hydrogen (secondary N) is 1. The highest BCUT2D eigenvalue weighted by molar-refractivity contribution is 5.41. The molecule has 4 heteroatoms. The Kier molecular flexibility index (Phi) is 6.50. The summed E-state index contributed by atoms with van der Waals surface area (Å²) >= 11 is 0. The fourth-order valence-electron chi connectivity index (χ4n) is 1.56. The topological polar surface area (TPSA) is 39.7 Å². The van der Waals surface area contributed by atoms with Crippen molar-refractivity contribution >= 4 is 0 Å². The molecule has 0 saturated carbocycles. The van der Waals surface area contributed by atoms with Crippen LogP contribution >= 0.6 is 0 Å². The second-order valence-electron chi connectivity index (χ2n) is 4.88. The summed E-state index contributed by atoms with van der Waals surface area (Å²) in [6.45, 7) is 8.02. The van der Waals surface area contributed by atoms with Gasteiger partial charge in [-0.25, -0.2) is 0 Å². The minimum absolute atomic E-state index is 0.489. The standard InChI is InChI=1S/C15H25NO3/c1-11(2)12(3)16-6-7-19-15-9-13(17-4)8-14(10-15)18-5/h8-12,16H,6-7H2,1-5H3. The normalized spacial score (nSPS) is 12.3. The molecule has 1 unspecified atom stereocenters. The summed E-state index contributed by atoms with van der Waals surface area (Å²) in [4.78, 5) is 0. The highest BCUT2D eigenvalue weighted by Gasteiger charge is 2.06. The van der Waals surface area contributed by atoms with E-state index in [0.717, 1.165) is 23.8 Å². The average Bonchev–Trinajstić information content (AvgIpc) is 2.42. The molecule has 0 spiro atoms. The van der Waals surface area contributed by atoms with Crippen molar-refractivity contribution in [3.05, 3.63) is 18.2 Å². The average molecular weight is 267 g/mol. The van der Waals surface area contributed by atoms with Crippen molar-refractivity contribution in [1.82, 2.24) is 5.32 Å². The fourth-order valence-corrected chi connectivity index (χ4v) is 1.56. The lowest BCUT2D eigenvalue weighted by Gasteiger charge is -2.17. The zero-order chi connectivity index (χ0) is 14.3. The molecule has 1 N–H and O–H groups in total. The molecule has 1 rings (SSSR count). The maximum atomic E-state index is 5.70. The van der Waals surface area contributed by atoms with Crippen molar-refractivity contribution in [2.45, 2.75) is 26.8 Å². The number of ether oxygens (including phenoxy) is 3. The van der Waals surface area contributed by atoms with Crippen LogP contribution < -0.4 is 19.5 Å². The first-order valence-corrected chi connectivity index (χ1v) is 6.66. The maximum Gasteiger partial charge on any atom is 0.126 e. The predicted molar refractivity (Wildman–Crippen MR) is 77.3 cm³/mol. The summed E-state index contributed by atoms with van der Waals surface area (Å²) in [7, 11) is 3.26. The van der Waals surface area contributed by atoms with Crippen LogP contribution in [0.25, 0.3) is 0 Å². The molecule has 108 valence electrons. The van der Waals surface area contributed by atoms with E-state index in [2.05, 4.69) is 26.1 Å². The van der Waals surface area contributed by atoms with Gasteiger partial charge in [0, 0.05) is 30.8 Å². The van der Waals surface area contributed by atoms with E-state index < -0.39 is 0 Å². The van der Waals surface area contributed by atoms with Gasteiger partial charge in [-0.2, -0.15) is 0 Å². The molecule has 4 nitrogen and oxygen atoms in total.